The minimum atomic E-state index is -0.723. The first-order valence-electron chi connectivity index (χ1n) is 5.78. The van der Waals surface area contributed by atoms with E-state index in [2.05, 4.69) is 62.0 Å². The van der Waals surface area contributed by atoms with E-state index in [1.54, 1.807) is 0 Å². The molecule has 0 saturated carbocycles. The topological polar surface area (TPSA) is 0 Å². The monoisotopic (exact) mass is 234 g/mol. The minimum Gasteiger partial charge on any atom is -0.186 e. The van der Waals surface area contributed by atoms with Crippen molar-refractivity contribution in [3.05, 3.63) is 34.9 Å². The minimum absolute atomic E-state index is 0.723. The third-order valence-electron chi connectivity index (χ3n) is 2.37. The zero-order valence-electron chi connectivity index (χ0n) is 11.1. The van der Waals surface area contributed by atoms with E-state index in [0.717, 1.165) is 12.8 Å². The highest BCUT2D eigenvalue weighted by Gasteiger charge is 1.99. The molecule has 0 bridgehead atoms. The maximum Gasteiger partial charge on any atom is 0.0259 e. The van der Waals surface area contributed by atoms with Crippen LogP contribution in [0.4, 0.5) is 0 Å². The summed E-state index contributed by atoms with van der Waals surface area (Å²) in [5.41, 5.74) is 3.97. The predicted octanol–water partition coefficient (Wildman–Crippen LogP) is 3.81. The summed E-state index contributed by atoms with van der Waals surface area (Å²) in [5, 5.41) is 3.37. The fourth-order valence-electron chi connectivity index (χ4n) is 1.46. The second-order valence-electron chi connectivity index (χ2n) is 4.81. The third-order valence-corrected chi connectivity index (χ3v) is 3.09. The molecule has 1 heteroatoms. The molecule has 16 heavy (non-hydrogen) atoms. The summed E-state index contributed by atoms with van der Waals surface area (Å²) in [7, 11) is -0.723. The van der Waals surface area contributed by atoms with Crippen molar-refractivity contribution < 1.29 is 0 Å². The molecule has 0 aliphatic carbocycles. The Morgan fingerprint density at radius 2 is 1.44 bits per heavy atom. The summed E-state index contributed by atoms with van der Waals surface area (Å²) in [6, 6.07) is 6.73. The number of rotatable bonds is 2. The van der Waals surface area contributed by atoms with Gasteiger partial charge in [0.25, 0.3) is 0 Å². The summed E-state index contributed by atoms with van der Waals surface area (Å²) >= 11 is 0. The van der Waals surface area contributed by atoms with E-state index in [1.165, 1.54) is 16.7 Å². The Balaban J connectivity index is 3.07. The van der Waals surface area contributed by atoms with Gasteiger partial charge in [-0.25, -0.2) is 0 Å². The van der Waals surface area contributed by atoms with Gasteiger partial charge < -0.3 is 0 Å². The Bertz CT molecular complexity index is 391. The van der Waals surface area contributed by atoms with Crippen LogP contribution in [0.1, 0.15) is 30.5 Å². The van der Waals surface area contributed by atoms with Gasteiger partial charge in [-0.15, -0.1) is 0 Å². The molecule has 0 N–H and O–H groups in total. The molecule has 0 fully saturated rings. The highest BCUT2D eigenvalue weighted by molar-refractivity contribution is 8.35. The van der Waals surface area contributed by atoms with Crippen LogP contribution in [0.3, 0.4) is 0 Å². The number of hydrogen-bond donors (Lipinski definition) is 0. The van der Waals surface area contributed by atoms with Crippen molar-refractivity contribution in [1.29, 1.82) is 0 Å². The fraction of sp³-hybridized carbons (Fsp3) is 0.467. The molecule has 0 amide bonds. The van der Waals surface area contributed by atoms with Crippen LogP contribution in [0, 0.1) is 11.2 Å². The summed E-state index contributed by atoms with van der Waals surface area (Å²) in [5.74, 6) is 3.32. The Morgan fingerprint density at radius 3 is 1.81 bits per heavy atom. The first kappa shape index (κ1) is 13.2. The van der Waals surface area contributed by atoms with E-state index in [-0.39, 0.29) is 0 Å². The van der Waals surface area contributed by atoms with E-state index >= 15 is 0 Å². The molecule has 0 aliphatic heterocycles. The first-order valence-corrected chi connectivity index (χ1v) is 8.64. The molecule has 0 nitrogen and oxygen atoms in total. The lowest BCUT2D eigenvalue weighted by molar-refractivity contribution is 1.08. The van der Waals surface area contributed by atoms with Gasteiger partial charge in [0.2, 0.25) is 0 Å². The smallest absolute Gasteiger partial charge is 0.0259 e. The highest BCUT2D eigenvalue weighted by Crippen LogP contribution is 2.32. The Morgan fingerprint density at radius 1 is 0.938 bits per heavy atom. The lowest BCUT2D eigenvalue weighted by Gasteiger charge is -2.15. The molecule has 0 aromatic heterocycles. The van der Waals surface area contributed by atoms with Crippen LogP contribution in [-0.4, -0.2) is 18.8 Å². The van der Waals surface area contributed by atoms with Gasteiger partial charge in [-0.2, -0.15) is 10.0 Å². The molecule has 1 aromatic rings. The van der Waals surface area contributed by atoms with Crippen LogP contribution < -0.4 is 0 Å². The van der Waals surface area contributed by atoms with Crippen molar-refractivity contribution in [3.8, 4) is 11.2 Å². The number of hydrogen-bond acceptors (Lipinski definition) is 0. The third kappa shape index (κ3) is 4.33. The predicted molar refractivity (Wildman–Crippen MR) is 77.4 cm³/mol. The largest absolute Gasteiger partial charge is 0.186 e. The van der Waals surface area contributed by atoms with Crippen LogP contribution >= 0.6 is 10.0 Å². The van der Waals surface area contributed by atoms with E-state index in [9.17, 15) is 0 Å². The van der Waals surface area contributed by atoms with E-state index < -0.39 is 10.0 Å². The summed E-state index contributed by atoms with van der Waals surface area (Å²) < 4.78 is 0. The van der Waals surface area contributed by atoms with Crippen LogP contribution in [-0.2, 0) is 12.8 Å². The molecule has 0 radical (unpaired) electrons. The van der Waals surface area contributed by atoms with Gasteiger partial charge in [-0.05, 0) is 60.1 Å². The molecule has 0 spiro atoms. The van der Waals surface area contributed by atoms with E-state index in [4.69, 9.17) is 0 Å². The van der Waals surface area contributed by atoms with Gasteiger partial charge in [0.1, 0.15) is 0 Å². The number of aryl methyl sites for hydroxylation is 2. The summed E-state index contributed by atoms with van der Waals surface area (Å²) in [4.78, 5) is 0. The summed E-state index contributed by atoms with van der Waals surface area (Å²) in [6.45, 7) is 4.39. The van der Waals surface area contributed by atoms with Crippen LogP contribution in [0.5, 0.6) is 0 Å². The molecular formula is C15H22S. The Labute approximate surface area is 102 Å². The van der Waals surface area contributed by atoms with Crippen molar-refractivity contribution in [2.75, 3.05) is 18.8 Å². The lowest BCUT2D eigenvalue weighted by atomic mass is 10.0. The maximum absolute atomic E-state index is 3.37. The lowest BCUT2D eigenvalue weighted by Crippen LogP contribution is -1.90. The highest BCUT2D eigenvalue weighted by atomic mass is 32.3. The molecule has 0 aliphatic rings. The second kappa shape index (κ2) is 5.46. The molecule has 1 aromatic carbocycles. The number of benzene rings is 1. The Kier molecular flexibility index (Phi) is 4.50. The van der Waals surface area contributed by atoms with Crippen molar-refractivity contribution >= 4 is 10.0 Å². The van der Waals surface area contributed by atoms with Crippen LogP contribution in [0.25, 0.3) is 0 Å². The van der Waals surface area contributed by atoms with Gasteiger partial charge in [-0.3, -0.25) is 0 Å². The molecule has 0 saturated heterocycles. The zero-order chi connectivity index (χ0) is 12.2. The second-order valence-corrected chi connectivity index (χ2v) is 8.69. The first-order chi connectivity index (χ1) is 7.44. The van der Waals surface area contributed by atoms with Gasteiger partial charge in [-0.1, -0.05) is 25.8 Å². The molecule has 88 valence electrons. The fourth-order valence-corrected chi connectivity index (χ4v) is 1.88. The van der Waals surface area contributed by atoms with Gasteiger partial charge in [0, 0.05) is 5.56 Å². The van der Waals surface area contributed by atoms with Crippen molar-refractivity contribution in [2.24, 2.45) is 0 Å². The maximum atomic E-state index is 3.37. The molecule has 0 atom stereocenters. The summed E-state index contributed by atoms with van der Waals surface area (Å²) in [6.07, 6.45) is 8.86. The molecule has 0 unspecified atom stereocenters. The Hall–Kier alpha value is -0.870. The quantitative estimate of drug-likeness (QED) is 0.683. The van der Waals surface area contributed by atoms with Crippen LogP contribution in [0.15, 0.2) is 18.2 Å². The molecule has 1 rings (SSSR count). The standard InChI is InChI=1S/C15H22S/c1-6-13-10-14(7-2)12-15(11-13)8-9-16(3,4)5/h10-12H,6-7H2,1-5H3. The average Bonchev–Trinajstić information content (AvgIpc) is 2.25. The van der Waals surface area contributed by atoms with Gasteiger partial charge in [0.15, 0.2) is 0 Å². The van der Waals surface area contributed by atoms with Crippen LogP contribution in [0.2, 0.25) is 0 Å². The SMILES string of the molecule is CCc1cc(C#CS(C)(C)C)cc(CC)c1. The van der Waals surface area contributed by atoms with Crippen molar-refractivity contribution in [1.82, 2.24) is 0 Å². The molecule has 0 heterocycles. The molecular weight excluding hydrogens is 212 g/mol. The normalized spacial score (nSPS) is 11.8. The van der Waals surface area contributed by atoms with Crippen molar-refractivity contribution in [3.63, 3.8) is 0 Å². The van der Waals surface area contributed by atoms with Crippen molar-refractivity contribution in [2.45, 2.75) is 26.7 Å². The van der Waals surface area contributed by atoms with E-state index in [0.29, 0.717) is 0 Å². The van der Waals surface area contributed by atoms with E-state index in [1.807, 2.05) is 0 Å². The average molecular weight is 234 g/mol. The zero-order valence-corrected chi connectivity index (χ0v) is 11.9. The van der Waals surface area contributed by atoms with Gasteiger partial charge in [0.05, 0.1) is 0 Å². The van der Waals surface area contributed by atoms with Gasteiger partial charge >= 0.3 is 0 Å².